The van der Waals surface area contributed by atoms with E-state index in [0.717, 1.165) is 11.8 Å². The molecule has 3 rings (SSSR count). The second-order valence-electron chi connectivity index (χ2n) is 6.47. The van der Waals surface area contributed by atoms with Crippen LogP contribution in [0.3, 0.4) is 0 Å². The molecule has 0 unspecified atom stereocenters. The van der Waals surface area contributed by atoms with Crippen LogP contribution in [0.2, 0.25) is 0 Å². The van der Waals surface area contributed by atoms with Gasteiger partial charge in [-0.15, -0.1) is 0 Å². The Morgan fingerprint density at radius 1 is 1.20 bits per heavy atom. The molecule has 1 heterocycles. The average Bonchev–Trinajstić information content (AvgIpc) is 2.76. The largest absolute Gasteiger partial charge is 0.497 e. The van der Waals surface area contributed by atoms with E-state index in [9.17, 15) is 9.18 Å². The van der Waals surface area contributed by atoms with Crippen LogP contribution in [0.25, 0.3) is 0 Å². The lowest BCUT2D eigenvalue weighted by Crippen LogP contribution is -2.23. The third-order valence-electron chi connectivity index (χ3n) is 4.23. The molecule has 0 fully saturated rings. The molecule has 0 atom stereocenters. The molecule has 2 aromatic carbocycles. The fourth-order valence-corrected chi connectivity index (χ4v) is 2.74. The molecule has 8 heteroatoms. The maximum absolute atomic E-state index is 14.3. The van der Waals surface area contributed by atoms with Crippen LogP contribution in [0.4, 0.5) is 27.5 Å². The first-order valence-electron chi connectivity index (χ1n) is 9.15. The fraction of sp³-hybridized carbons (Fsp3) is 0.136. The molecule has 0 aliphatic rings. The molecule has 0 radical (unpaired) electrons. The topological polar surface area (TPSA) is 79.4 Å². The number of amides is 1. The molecule has 0 aliphatic carbocycles. The number of carbonyl (C=O) groups excluding carboxylic acids is 1. The van der Waals surface area contributed by atoms with Gasteiger partial charge in [-0.1, -0.05) is 24.8 Å². The minimum atomic E-state index is -0.587. The predicted octanol–water partition coefficient (Wildman–Crippen LogP) is 4.26. The van der Waals surface area contributed by atoms with E-state index in [1.165, 1.54) is 11.0 Å². The number of carbonyl (C=O) groups is 1. The van der Waals surface area contributed by atoms with Crippen molar-refractivity contribution in [3.63, 3.8) is 0 Å². The Labute approximate surface area is 174 Å². The molecular formula is C22H22FN5O2. The van der Waals surface area contributed by atoms with Crippen LogP contribution in [-0.4, -0.2) is 34.9 Å². The lowest BCUT2D eigenvalue weighted by molar-refractivity contribution is -0.125. The van der Waals surface area contributed by atoms with Gasteiger partial charge in [0.05, 0.1) is 13.3 Å². The molecule has 3 aromatic rings. The van der Waals surface area contributed by atoms with Gasteiger partial charge in [-0.05, 0) is 35.9 Å². The number of hydrogen-bond acceptors (Lipinski definition) is 6. The van der Waals surface area contributed by atoms with E-state index in [1.54, 1.807) is 26.3 Å². The lowest BCUT2D eigenvalue weighted by Gasteiger charge is -2.16. The number of hydrogen-bond donors (Lipinski definition) is 2. The van der Waals surface area contributed by atoms with E-state index in [4.69, 9.17) is 4.74 Å². The Hall–Kier alpha value is -3.94. The Morgan fingerprint density at radius 2 is 1.93 bits per heavy atom. The van der Waals surface area contributed by atoms with Crippen molar-refractivity contribution in [3.05, 3.63) is 78.8 Å². The lowest BCUT2D eigenvalue weighted by atomic mass is 10.2. The highest BCUT2D eigenvalue weighted by Crippen LogP contribution is 2.23. The first-order chi connectivity index (χ1) is 14.5. The summed E-state index contributed by atoms with van der Waals surface area (Å²) in [4.78, 5) is 21.4. The second kappa shape index (κ2) is 9.51. The molecule has 0 saturated carbocycles. The van der Waals surface area contributed by atoms with Crippen molar-refractivity contribution in [1.29, 1.82) is 0 Å². The van der Waals surface area contributed by atoms with Gasteiger partial charge in [-0.25, -0.2) is 9.37 Å². The number of anilines is 4. The summed E-state index contributed by atoms with van der Waals surface area (Å²) in [7, 11) is 3.26. The molecule has 1 aromatic heterocycles. The first kappa shape index (κ1) is 20.8. The highest BCUT2D eigenvalue weighted by atomic mass is 19.1. The van der Waals surface area contributed by atoms with E-state index in [-0.39, 0.29) is 17.7 Å². The van der Waals surface area contributed by atoms with Crippen LogP contribution in [0.5, 0.6) is 5.75 Å². The number of likely N-dealkylation sites (N-methyl/N-ethyl adjacent to an activating group) is 1. The standard InChI is InChI=1S/C22H22FN5O2/c1-4-20(29)28(2)14-15-7-5-8-16(11-15)25-21-19(23)13-24-22(27-21)26-17-9-6-10-18(12-17)30-3/h4-13H,1,14H2,2-3H3,(H2,24,25,26,27). The van der Waals surface area contributed by atoms with Crippen molar-refractivity contribution in [1.82, 2.24) is 14.9 Å². The number of nitrogens with zero attached hydrogens (tertiary/aromatic N) is 3. The summed E-state index contributed by atoms with van der Waals surface area (Å²) in [5.41, 5.74) is 2.22. The number of rotatable bonds is 8. The smallest absolute Gasteiger partial charge is 0.245 e. The van der Waals surface area contributed by atoms with Gasteiger partial charge >= 0.3 is 0 Å². The van der Waals surface area contributed by atoms with Crippen LogP contribution >= 0.6 is 0 Å². The molecular weight excluding hydrogens is 385 g/mol. The summed E-state index contributed by atoms with van der Waals surface area (Å²) < 4.78 is 19.5. The minimum absolute atomic E-state index is 0.0306. The van der Waals surface area contributed by atoms with Crippen LogP contribution in [0.1, 0.15) is 5.56 Å². The van der Waals surface area contributed by atoms with E-state index < -0.39 is 5.82 Å². The molecule has 0 spiro atoms. The van der Waals surface area contributed by atoms with Gasteiger partial charge < -0.3 is 20.3 Å². The maximum Gasteiger partial charge on any atom is 0.245 e. The highest BCUT2D eigenvalue weighted by Gasteiger charge is 2.10. The number of benzene rings is 2. The SMILES string of the molecule is C=CC(=O)N(C)Cc1cccc(Nc2nc(Nc3cccc(OC)c3)ncc2F)c1. The Bertz CT molecular complexity index is 1060. The molecule has 30 heavy (non-hydrogen) atoms. The molecule has 0 saturated heterocycles. The average molecular weight is 407 g/mol. The quantitative estimate of drug-likeness (QED) is 0.544. The predicted molar refractivity (Wildman–Crippen MR) is 115 cm³/mol. The maximum atomic E-state index is 14.3. The van der Waals surface area contributed by atoms with Crippen molar-refractivity contribution in [3.8, 4) is 5.75 Å². The highest BCUT2D eigenvalue weighted by molar-refractivity contribution is 5.86. The van der Waals surface area contributed by atoms with Gasteiger partial charge in [0.2, 0.25) is 11.9 Å². The first-order valence-corrected chi connectivity index (χ1v) is 9.15. The Morgan fingerprint density at radius 3 is 2.67 bits per heavy atom. The number of ether oxygens (including phenoxy) is 1. The van der Waals surface area contributed by atoms with Crippen molar-refractivity contribution in [2.45, 2.75) is 6.54 Å². The van der Waals surface area contributed by atoms with Crippen LogP contribution in [-0.2, 0) is 11.3 Å². The number of methoxy groups -OCH3 is 1. The third kappa shape index (κ3) is 5.32. The van der Waals surface area contributed by atoms with Crippen LogP contribution in [0, 0.1) is 5.82 Å². The Balaban J connectivity index is 1.76. The van der Waals surface area contributed by atoms with Crippen molar-refractivity contribution in [2.75, 3.05) is 24.8 Å². The Kier molecular flexibility index (Phi) is 6.59. The zero-order chi connectivity index (χ0) is 21.5. The molecule has 7 nitrogen and oxygen atoms in total. The fourth-order valence-electron chi connectivity index (χ4n) is 2.74. The number of aromatic nitrogens is 2. The zero-order valence-electron chi connectivity index (χ0n) is 16.7. The van der Waals surface area contributed by atoms with E-state index >= 15 is 0 Å². The summed E-state index contributed by atoms with van der Waals surface area (Å²) in [6.07, 6.45) is 2.35. The number of nitrogens with one attached hydrogen (secondary N) is 2. The summed E-state index contributed by atoms with van der Waals surface area (Å²) in [5.74, 6) is 0.180. The molecule has 1 amide bonds. The molecule has 0 bridgehead atoms. The molecule has 0 aliphatic heterocycles. The summed E-state index contributed by atoms with van der Waals surface area (Å²) in [5, 5.41) is 5.99. The van der Waals surface area contributed by atoms with Gasteiger partial charge in [0.15, 0.2) is 11.6 Å². The third-order valence-corrected chi connectivity index (χ3v) is 4.23. The number of halogens is 1. The minimum Gasteiger partial charge on any atom is -0.497 e. The van der Waals surface area contributed by atoms with Gasteiger partial charge in [0.25, 0.3) is 0 Å². The molecule has 154 valence electrons. The monoisotopic (exact) mass is 407 g/mol. The second-order valence-corrected chi connectivity index (χ2v) is 6.47. The normalized spacial score (nSPS) is 10.2. The van der Waals surface area contributed by atoms with E-state index in [1.807, 2.05) is 36.4 Å². The van der Waals surface area contributed by atoms with Crippen LogP contribution in [0.15, 0.2) is 67.4 Å². The van der Waals surface area contributed by atoms with Crippen LogP contribution < -0.4 is 15.4 Å². The van der Waals surface area contributed by atoms with E-state index in [0.29, 0.717) is 23.7 Å². The van der Waals surface area contributed by atoms with Gasteiger partial charge in [-0.2, -0.15) is 4.98 Å². The summed E-state index contributed by atoms with van der Waals surface area (Å²) in [6.45, 7) is 3.88. The van der Waals surface area contributed by atoms with Crippen molar-refractivity contribution < 1.29 is 13.9 Å². The van der Waals surface area contributed by atoms with Gasteiger partial charge in [-0.3, -0.25) is 4.79 Å². The van der Waals surface area contributed by atoms with Gasteiger partial charge in [0, 0.05) is 31.0 Å². The molecule has 2 N–H and O–H groups in total. The van der Waals surface area contributed by atoms with Gasteiger partial charge in [0.1, 0.15) is 5.75 Å². The zero-order valence-corrected chi connectivity index (χ0v) is 16.7. The van der Waals surface area contributed by atoms with Crippen molar-refractivity contribution >= 4 is 29.0 Å². The summed E-state index contributed by atoms with van der Waals surface area (Å²) in [6, 6.07) is 14.6. The van der Waals surface area contributed by atoms with E-state index in [2.05, 4.69) is 27.2 Å². The summed E-state index contributed by atoms with van der Waals surface area (Å²) >= 11 is 0. The van der Waals surface area contributed by atoms with Crippen molar-refractivity contribution in [2.24, 2.45) is 0 Å².